The van der Waals surface area contributed by atoms with Gasteiger partial charge in [0.05, 0.1) is 40.1 Å². The van der Waals surface area contributed by atoms with Crippen LogP contribution >= 0.6 is 0 Å². The third kappa shape index (κ3) is 6.01. The maximum absolute atomic E-state index is 13.7. The number of benzene rings is 1. The standard InChI is InChI=1S/C17H19F2NO7/c1-25-14(22)8-10(16(23)26-2)15(17(24)27-3)20-13(21)7-9-11(18)5-4-6-12(9)19/h4-6,10,15H,7-8H2,1-3H3,(H,20,21)/t10-,15-/m1/s1. The van der Waals surface area contributed by atoms with Crippen molar-refractivity contribution in [3.8, 4) is 0 Å². The molecular weight excluding hydrogens is 368 g/mol. The van der Waals surface area contributed by atoms with Crippen LogP contribution in [0, 0.1) is 17.6 Å². The zero-order chi connectivity index (χ0) is 20.6. The van der Waals surface area contributed by atoms with Crippen LogP contribution in [0.4, 0.5) is 8.78 Å². The van der Waals surface area contributed by atoms with Crippen LogP contribution in [-0.4, -0.2) is 51.2 Å². The van der Waals surface area contributed by atoms with Crippen LogP contribution in [0.3, 0.4) is 0 Å². The van der Waals surface area contributed by atoms with Crippen molar-refractivity contribution in [1.82, 2.24) is 5.32 Å². The van der Waals surface area contributed by atoms with Gasteiger partial charge in [0.1, 0.15) is 17.7 Å². The molecule has 1 aromatic rings. The molecule has 1 rings (SSSR count). The molecule has 0 saturated carbocycles. The van der Waals surface area contributed by atoms with E-state index in [1.807, 2.05) is 0 Å². The molecule has 0 radical (unpaired) electrons. The summed E-state index contributed by atoms with van der Waals surface area (Å²) in [6, 6.07) is 1.45. The third-order valence-corrected chi connectivity index (χ3v) is 3.69. The number of methoxy groups -OCH3 is 3. The molecule has 2 atom stereocenters. The van der Waals surface area contributed by atoms with Gasteiger partial charge in [-0.3, -0.25) is 14.4 Å². The zero-order valence-electron chi connectivity index (χ0n) is 14.9. The maximum Gasteiger partial charge on any atom is 0.329 e. The molecule has 148 valence electrons. The van der Waals surface area contributed by atoms with Crippen molar-refractivity contribution in [1.29, 1.82) is 0 Å². The van der Waals surface area contributed by atoms with Gasteiger partial charge in [0, 0.05) is 5.56 Å². The van der Waals surface area contributed by atoms with Crippen molar-refractivity contribution in [3.63, 3.8) is 0 Å². The summed E-state index contributed by atoms with van der Waals surface area (Å²) in [6.45, 7) is 0. The van der Waals surface area contributed by atoms with Crippen LogP contribution in [0.1, 0.15) is 12.0 Å². The monoisotopic (exact) mass is 387 g/mol. The molecule has 1 amide bonds. The average molecular weight is 387 g/mol. The van der Waals surface area contributed by atoms with Crippen molar-refractivity contribution >= 4 is 23.8 Å². The van der Waals surface area contributed by atoms with Crippen LogP contribution < -0.4 is 5.32 Å². The molecule has 0 spiro atoms. The highest BCUT2D eigenvalue weighted by Gasteiger charge is 2.38. The van der Waals surface area contributed by atoms with E-state index in [4.69, 9.17) is 0 Å². The molecular formula is C17H19F2NO7. The lowest BCUT2D eigenvalue weighted by atomic mass is 9.95. The van der Waals surface area contributed by atoms with Crippen molar-refractivity contribution in [2.45, 2.75) is 18.9 Å². The number of hydrogen-bond acceptors (Lipinski definition) is 7. The molecule has 0 aromatic heterocycles. The van der Waals surface area contributed by atoms with Crippen molar-refractivity contribution in [2.24, 2.45) is 5.92 Å². The Hall–Kier alpha value is -3.04. The van der Waals surface area contributed by atoms with Gasteiger partial charge in [-0.1, -0.05) is 6.07 Å². The number of halogens is 2. The Labute approximate surface area is 153 Å². The lowest BCUT2D eigenvalue weighted by molar-refractivity contribution is -0.159. The molecule has 27 heavy (non-hydrogen) atoms. The van der Waals surface area contributed by atoms with Crippen molar-refractivity contribution < 1.29 is 42.2 Å². The van der Waals surface area contributed by atoms with Crippen molar-refractivity contribution in [2.75, 3.05) is 21.3 Å². The summed E-state index contributed by atoms with van der Waals surface area (Å²) in [7, 11) is 3.10. The quantitative estimate of drug-likeness (QED) is 0.512. The van der Waals surface area contributed by atoms with Gasteiger partial charge in [0.25, 0.3) is 0 Å². The number of rotatable bonds is 8. The number of esters is 3. The summed E-state index contributed by atoms with van der Waals surface area (Å²) in [6.07, 6.45) is -1.32. The van der Waals surface area contributed by atoms with Gasteiger partial charge in [0.15, 0.2) is 0 Å². The van der Waals surface area contributed by atoms with Crippen LogP contribution in [0.2, 0.25) is 0 Å². The minimum absolute atomic E-state index is 0.513. The molecule has 8 nitrogen and oxygen atoms in total. The van der Waals surface area contributed by atoms with Crippen LogP contribution in [0.15, 0.2) is 18.2 Å². The summed E-state index contributed by atoms with van der Waals surface area (Å²) in [5, 5.41) is 2.16. The molecule has 1 N–H and O–H groups in total. The molecule has 0 aliphatic rings. The third-order valence-electron chi connectivity index (χ3n) is 3.69. The molecule has 0 aliphatic carbocycles. The fourth-order valence-corrected chi connectivity index (χ4v) is 2.29. The lowest BCUT2D eigenvalue weighted by Crippen LogP contribution is -2.50. The Morgan fingerprint density at radius 2 is 1.52 bits per heavy atom. The van der Waals surface area contributed by atoms with E-state index in [0.717, 1.165) is 39.5 Å². The van der Waals surface area contributed by atoms with Gasteiger partial charge in [-0.05, 0) is 12.1 Å². The predicted molar refractivity (Wildman–Crippen MR) is 86.1 cm³/mol. The number of nitrogens with one attached hydrogen (secondary N) is 1. The number of hydrogen-bond donors (Lipinski definition) is 1. The van der Waals surface area contributed by atoms with E-state index in [9.17, 15) is 28.0 Å². The number of carbonyl (C=O) groups is 4. The topological polar surface area (TPSA) is 108 Å². The van der Waals surface area contributed by atoms with Crippen LogP contribution in [0.25, 0.3) is 0 Å². The lowest BCUT2D eigenvalue weighted by Gasteiger charge is -2.23. The first kappa shape index (κ1) is 22.0. The smallest absolute Gasteiger partial charge is 0.329 e. The average Bonchev–Trinajstić information content (AvgIpc) is 2.65. The Kier molecular flexibility index (Phi) is 8.31. The first-order valence-electron chi connectivity index (χ1n) is 7.69. The largest absolute Gasteiger partial charge is 0.469 e. The van der Waals surface area contributed by atoms with Crippen molar-refractivity contribution in [3.05, 3.63) is 35.4 Å². The van der Waals surface area contributed by atoms with E-state index in [-0.39, 0.29) is 0 Å². The minimum atomic E-state index is -1.62. The van der Waals surface area contributed by atoms with Gasteiger partial charge >= 0.3 is 17.9 Å². The summed E-state index contributed by atoms with van der Waals surface area (Å²) in [4.78, 5) is 47.7. The molecule has 10 heteroatoms. The summed E-state index contributed by atoms with van der Waals surface area (Å²) in [5.74, 6) is -7.17. The first-order valence-corrected chi connectivity index (χ1v) is 7.69. The van der Waals surface area contributed by atoms with Crippen LogP contribution in [-0.2, 0) is 39.8 Å². The zero-order valence-corrected chi connectivity index (χ0v) is 14.9. The second-order valence-corrected chi connectivity index (χ2v) is 5.36. The highest BCUT2D eigenvalue weighted by molar-refractivity contribution is 5.91. The summed E-state index contributed by atoms with van der Waals surface area (Å²) in [5.41, 5.74) is -0.513. The Bertz CT molecular complexity index is 703. The van der Waals surface area contributed by atoms with E-state index in [1.165, 1.54) is 0 Å². The van der Waals surface area contributed by atoms with E-state index >= 15 is 0 Å². The van der Waals surface area contributed by atoms with Gasteiger partial charge in [-0.25, -0.2) is 13.6 Å². The predicted octanol–water partition coefficient (Wildman–Crippen LogP) is 0.517. The first-order chi connectivity index (χ1) is 12.7. The van der Waals surface area contributed by atoms with E-state index in [0.29, 0.717) is 0 Å². The Morgan fingerprint density at radius 3 is 2.00 bits per heavy atom. The molecule has 1 aromatic carbocycles. The molecule has 0 aliphatic heterocycles. The molecule has 0 unspecified atom stereocenters. The van der Waals surface area contributed by atoms with Gasteiger partial charge < -0.3 is 19.5 Å². The highest BCUT2D eigenvalue weighted by Crippen LogP contribution is 2.16. The minimum Gasteiger partial charge on any atom is -0.469 e. The van der Waals surface area contributed by atoms with Crippen LogP contribution in [0.5, 0.6) is 0 Å². The van der Waals surface area contributed by atoms with Gasteiger partial charge in [-0.2, -0.15) is 0 Å². The second kappa shape index (κ2) is 10.2. The fourth-order valence-electron chi connectivity index (χ4n) is 2.29. The van der Waals surface area contributed by atoms with E-state index in [2.05, 4.69) is 19.5 Å². The summed E-state index contributed by atoms with van der Waals surface area (Å²) >= 11 is 0. The highest BCUT2D eigenvalue weighted by atomic mass is 19.1. The normalized spacial score (nSPS) is 12.5. The summed E-state index contributed by atoms with van der Waals surface area (Å²) < 4.78 is 40.9. The molecule has 0 bridgehead atoms. The van der Waals surface area contributed by atoms with Gasteiger partial charge in [-0.15, -0.1) is 0 Å². The maximum atomic E-state index is 13.7. The molecule has 0 fully saturated rings. The Balaban J connectivity index is 3.07. The number of ether oxygens (including phenoxy) is 3. The molecule has 0 heterocycles. The van der Waals surface area contributed by atoms with Gasteiger partial charge in [0.2, 0.25) is 5.91 Å². The van der Waals surface area contributed by atoms with E-state index < -0.39 is 65.8 Å². The fraction of sp³-hybridized carbons (Fsp3) is 0.412. The second-order valence-electron chi connectivity index (χ2n) is 5.36. The number of carbonyl (C=O) groups excluding carboxylic acids is 4. The number of amides is 1. The Morgan fingerprint density at radius 1 is 0.963 bits per heavy atom. The SMILES string of the molecule is COC(=O)C[C@@H](C(=O)OC)[C@@H](NC(=O)Cc1c(F)cccc1F)C(=O)OC. The van der Waals surface area contributed by atoms with E-state index in [1.54, 1.807) is 0 Å². The molecule has 0 saturated heterocycles.